The number of rotatable bonds is 7. The van der Waals surface area contributed by atoms with Crippen molar-refractivity contribution in [3.63, 3.8) is 0 Å². The highest BCUT2D eigenvalue weighted by molar-refractivity contribution is 9.09. The third-order valence-corrected chi connectivity index (χ3v) is 3.09. The maximum atomic E-state index is 11.3. The molecule has 0 fully saturated rings. The van der Waals surface area contributed by atoms with E-state index < -0.39 is 0 Å². The molecule has 0 N–H and O–H groups in total. The molecule has 0 saturated carbocycles. The molecule has 18 heavy (non-hydrogen) atoms. The van der Waals surface area contributed by atoms with E-state index in [4.69, 9.17) is 4.74 Å². The summed E-state index contributed by atoms with van der Waals surface area (Å²) >= 11 is 3.15. The van der Waals surface area contributed by atoms with Crippen molar-refractivity contribution in [3.8, 4) is 0 Å². The molecule has 0 amide bonds. The summed E-state index contributed by atoms with van der Waals surface area (Å²) in [4.78, 5) is 22.6. The second-order valence-electron chi connectivity index (χ2n) is 3.97. The highest BCUT2D eigenvalue weighted by atomic mass is 79.9. The topological polar surface area (TPSA) is 43.4 Å². The van der Waals surface area contributed by atoms with Crippen LogP contribution in [0.25, 0.3) is 0 Å². The third kappa shape index (κ3) is 5.45. The van der Waals surface area contributed by atoms with Crippen LogP contribution in [0, 0.1) is 0 Å². The number of aryl methyl sites for hydroxylation is 1. The molecule has 0 saturated heterocycles. The first-order valence-electron chi connectivity index (χ1n) is 5.96. The summed E-state index contributed by atoms with van der Waals surface area (Å²) in [5.74, 6) is -0.0306. The molecule has 0 bridgehead atoms. The van der Waals surface area contributed by atoms with Crippen LogP contribution in [-0.4, -0.2) is 23.7 Å². The quantitative estimate of drug-likeness (QED) is 0.574. The van der Waals surface area contributed by atoms with Crippen molar-refractivity contribution in [2.45, 2.75) is 26.2 Å². The first-order valence-corrected chi connectivity index (χ1v) is 7.09. The minimum absolute atomic E-state index is 0.151. The fourth-order valence-corrected chi connectivity index (χ4v) is 1.85. The Kier molecular flexibility index (Phi) is 6.65. The standard InChI is InChI=1S/C14H17BrO3/c1-2-18-14(17)7-6-11-4-3-5-12(8-11)9-13(16)10-15/h3-5,8H,2,6-7,9-10H2,1H3. The number of carbonyl (C=O) groups excluding carboxylic acids is 2. The van der Waals surface area contributed by atoms with Crippen molar-refractivity contribution < 1.29 is 14.3 Å². The summed E-state index contributed by atoms with van der Waals surface area (Å²) < 4.78 is 4.88. The number of ether oxygens (including phenoxy) is 1. The molecular formula is C14H17BrO3. The van der Waals surface area contributed by atoms with Crippen LogP contribution in [0.15, 0.2) is 24.3 Å². The number of alkyl halides is 1. The van der Waals surface area contributed by atoms with Gasteiger partial charge in [0.15, 0.2) is 0 Å². The van der Waals surface area contributed by atoms with E-state index in [2.05, 4.69) is 15.9 Å². The Balaban J connectivity index is 2.54. The van der Waals surface area contributed by atoms with Crippen LogP contribution >= 0.6 is 15.9 Å². The Morgan fingerprint density at radius 3 is 2.67 bits per heavy atom. The largest absolute Gasteiger partial charge is 0.466 e. The van der Waals surface area contributed by atoms with Crippen LogP contribution in [0.4, 0.5) is 0 Å². The maximum absolute atomic E-state index is 11.3. The van der Waals surface area contributed by atoms with Gasteiger partial charge in [-0.15, -0.1) is 0 Å². The third-order valence-electron chi connectivity index (χ3n) is 2.46. The zero-order valence-corrected chi connectivity index (χ0v) is 12.0. The molecule has 0 unspecified atom stereocenters. The lowest BCUT2D eigenvalue weighted by molar-refractivity contribution is -0.143. The number of halogens is 1. The zero-order valence-electron chi connectivity index (χ0n) is 10.4. The van der Waals surface area contributed by atoms with Crippen molar-refractivity contribution in [3.05, 3.63) is 35.4 Å². The molecule has 0 aromatic heterocycles. The predicted octanol–water partition coefficient (Wildman–Crippen LogP) is 2.69. The van der Waals surface area contributed by atoms with E-state index >= 15 is 0 Å². The lowest BCUT2D eigenvalue weighted by atomic mass is 10.0. The minimum atomic E-state index is -0.181. The maximum Gasteiger partial charge on any atom is 0.306 e. The molecule has 1 rings (SSSR count). The van der Waals surface area contributed by atoms with Gasteiger partial charge in [0.1, 0.15) is 5.78 Å². The molecule has 0 aliphatic rings. The minimum Gasteiger partial charge on any atom is -0.466 e. The molecule has 0 aliphatic carbocycles. The molecule has 0 heterocycles. The first-order chi connectivity index (χ1) is 8.65. The molecule has 0 atom stereocenters. The van der Waals surface area contributed by atoms with Crippen molar-refractivity contribution >= 4 is 27.7 Å². The van der Waals surface area contributed by atoms with Crippen molar-refractivity contribution in [1.29, 1.82) is 0 Å². The summed E-state index contributed by atoms with van der Waals surface area (Å²) in [7, 11) is 0. The summed E-state index contributed by atoms with van der Waals surface area (Å²) in [6, 6.07) is 7.77. The van der Waals surface area contributed by atoms with Gasteiger partial charge in [-0.25, -0.2) is 0 Å². The van der Waals surface area contributed by atoms with Gasteiger partial charge in [0.05, 0.1) is 11.9 Å². The number of hydrogen-bond donors (Lipinski definition) is 0. The summed E-state index contributed by atoms with van der Waals surface area (Å²) in [5, 5.41) is 0.375. The number of ketones is 1. The molecule has 0 spiro atoms. The van der Waals surface area contributed by atoms with Gasteiger partial charge in [-0.3, -0.25) is 9.59 Å². The monoisotopic (exact) mass is 312 g/mol. The van der Waals surface area contributed by atoms with Crippen molar-refractivity contribution in [1.82, 2.24) is 0 Å². The van der Waals surface area contributed by atoms with Crippen LogP contribution < -0.4 is 0 Å². The average molecular weight is 313 g/mol. The summed E-state index contributed by atoms with van der Waals surface area (Å²) in [6.45, 7) is 2.21. The van der Waals surface area contributed by atoms with E-state index in [9.17, 15) is 9.59 Å². The van der Waals surface area contributed by atoms with Gasteiger partial charge in [-0.1, -0.05) is 40.2 Å². The van der Waals surface area contributed by atoms with Gasteiger partial charge in [0.25, 0.3) is 0 Å². The fraction of sp³-hybridized carbons (Fsp3) is 0.429. The molecule has 3 nitrogen and oxygen atoms in total. The van der Waals surface area contributed by atoms with Gasteiger partial charge < -0.3 is 4.74 Å². The van der Waals surface area contributed by atoms with Crippen molar-refractivity contribution in [2.75, 3.05) is 11.9 Å². The molecule has 0 radical (unpaired) electrons. The van der Waals surface area contributed by atoms with Gasteiger partial charge in [-0.2, -0.15) is 0 Å². The summed E-state index contributed by atoms with van der Waals surface area (Å²) in [5.41, 5.74) is 2.05. The molecule has 98 valence electrons. The Morgan fingerprint density at radius 2 is 2.00 bits per heavy atom. The number of hydrogen-bond acceptors (Lipinski definition) is 3. The van der Waals surface area contributed by atoms with Gasteiger partial charge >= 0.3 is 5.97 Å². The first kappa shape index (κ1) is 14.9. The SMILES string of the molecule is CCOC(=O)CCc1cccc(CC(=O)CBr)c1. The fourth-order valence-electron chi connectivity index (χ4n) is 1.65. The van der Waals surface area contributed by atoms with E-state index in [1.165, 1.54) is 0 Å². The highest BCUT2D eigenvalue weighted by Crippen LogP contribution is 2.09. The molecule has 1 aromatic rings. The van der Waals surface area contributed by atoms with Gasteiger partial charge in [0, 0.05) is 12.8 Å². The molecule has 4 heteroatoms. The van der Waals surface area contributed by atoms with Gasteiger partial charge in [-0.05, 0) is 24.5 Å². The molecule has 1 aromatic carbocycles. The Labute approximate surface area is 116 Å². The average Bonchev–Trinajstić information content (AvgIpc) is 2.37. The number of carbonyl (C=O) groups is 2. The lowest BCUT2D eigenvalue weighted by Gasteiger charge is -2.04. The Hall–Kier alpha value is -1.16. The van der Waals surface area contributed by atoms with Crippen LogP contribution in [0.3, 0.4) is 0 Å². The van der Waals surface area contributed by atoms with E-state index in [1.54, 1.807) is 6.92 Å². The smallest absolute Gasteiger partial charge is 0.306 e. The zero-order chi connectivity index (χ0) is 13.4. The highest BCUT2D eigenvalue weighted by Gasteiger charge is 2.05. The van der Waals surface area contributed by atoms with Crippen LogP contribution in [0.5, 0.6) is 0 Å². The number of benzene rings is 1. The van der Waals surface area contributed by atoms with Crippen molar-refractivity contribution in [2.24, 2.45) is 0 Å². The molecular weight excluding hydrogens is 296 g/mol. The second kappa shape index (κ2) is 8.03. The summed E-state index contributed by atoms with van der Waals surface area (Å²) in [6.07, 6.45) is 1.46. The van der Waals surface area contributed by atoms with E-state index in [0.717, 1.165) is 11.1 Å². The van der Waals surface area contributed by atoms with Gasteiger partial charge in [0.2, 0.25) is 0 Å². The van der Waals surface area contributed by atoms with Crippen LogP contribution in [0.2, 0.25) is 0 Å². The molecule has 0 aliphatic heterocycles. The van der Waals surface area contributed by atoms with E-state index in [0.29, 0.717) is 31.2 Å². The predicted molar refractivity (Wildman–Crippen MR) is 73.9 cm³/mol. The Bertz CT molecular complexity index is 415. The lowest BCUT2D eigenvalue weighted by Crippen LogP contribution is -2.06. The number of Topliss-reactive ketones (excluding diaryl/α,β-unsaturated/α-hetero) is 1. The van der Waals surface area contributed by atoms with E-state index in [1.807, 2.05) is 24.3 Å². The Morgan fingerprint density at radius 1 is 1.28 bits per heavy atom. The number of esters is 1. The normalized spacial score (nSPS) is 10.1. The van der Waals surface area contributed by atoms with E-state index in [-0.39, 0.29) is 11.8 Å². The van der Waals surface area contributed by atoms with Crippen LogP contribution in [0.1, 0.15) is 24.5 Å². The second-order valence-corrected chi connectivity index (χ2v) is 4.53. The van der Waals surface area contributed by atoms with Crippen LogP contribution in [-0.2, 0) is 27.2 Å².